The third-order valence-electron chi connectivity index (χ3n) is 5.99. The molecule has 0 bridgehead atoms. The minimum absolute atomic E-state index is 0.0237. The van der Waals surface area contributed by atoms with Crippen LogP contribution in [0.4, 0.5) is 8.78 Å². The van der Waals surface area contributed by atoms with Crippen molar-refractivity contribution in [2.45, 2.75) is 63.3 Å². The molecule has 0 aliphatic heterocycles. The van der Waals surface area contributed by atoms with Gasteiger partial charge in [-0.25, -0.2) is 18.4 Å². The minimum atomic E-state index is -2.65. The number of carbonyl (C=O) groups is 2. The summed E-state index contributed by atoms with van der Waals surface area (Å²) in [5.41, 5.74) is 0.0148. The van der Waals surface area contributed by atoms with Gasteiger partial charge in [0.25, 0.3) is 5.56 Å². The van der Waals surface area contributed by atoms with E-state index in [4.69, 9.17) is 0 Å². The number of rotatable bonds is 5. The number of Topliss-reactive ketones (excluding diaryl/α,β-unsaturated/α-hetero) is 1. The number of fused-ring (bicyclic) bond motifs is 1. The molecule has 0 spiro atoms. The highest BCUT2D eigenvalue weighted by Crippen LogP contribution is 2.42. The van der Waals surface area contributed by atoms with Crippen LogP contribution in [0.2, 0.25) is 0 Å². The maximum atomic E-state index is 13.5. The molecule has 0 aromatic carbocycles. The van der Waals surface area contributed by atoms with Gasteiger partial charge in [0.05, 0.1) is 18.8 Å². The summed E-state index contributed by atoms with van der Waals surface area (Å²) in [4.78, 5) is 43.2. The van der Waals surface area contributed by atoms with Crippen molar-refractivity contribution in [3.63, 3.8) is 0 Å². The maximum Gasteiger partial charge on any atom is 0.262 e. The number of hydrogen-bond acceptors (Lipinski definition) is 5. The Morgan fingerprint density at radius 2 is 2.00 bits per heavy atom. The van der Waals surface area contributed by atoms with E-state index in [1.54, 1.807) is 4.68 Å². The van der Waals surface area contributed by atoms with Crippen molar-refractivity contribution in [1.82, 2.24) is 25.1 Å². The average Bonchev–Trinajstić information content (AvgIpc) is 3.03. The van der Waals surface area contributed by atoms with E-state index in [2.05, 4.69) is 20.4 Å². The molecule has 29 heavy (non-hydrogen) atoms. The Kier molecular flexibility index (Phi) is 4.95. The highest BCUT2D eigenvalue weighted by Gasteiger charge is 2.40. The molecule has 2 aromatic heterocycles. The van der Waals surface area contributed by atoms with Gasteiger partial charge in [-0.05, 0) is 32.6 Å². The lowest BCUT2D eigenvalue weighted by atomic mass is 9.72. The molecule has 156 valence electrons. The number of H-pyrrole nitrogens is 1. The number of aromatic amines is 1. The number of aromatic nitrogens is 4. The normalized spacial score (nSPS) is 24.2. The van der Waals surface area contributed by atoms with Gasteiger partial charge >= 0.3 is 0 Å². The van der Waals surface area contributed by atoms with Crippen LogP contribution in [0.25, 0.3) is 11.0 Å². The Labute approximate surface area is 165 Å². The van der Waals surface area contributed by atoms with Crippen molar-refractivity contribution >= 4 is 22.7 Å². The lowest BCUT2D eigenvalue weighted by molar-refractivity contribution is -0.130. The Bertz CT molecular complexity index is 1000. The molecule has 2 aromatic rings. The van der Waals surface area contributed by atoms with E-state index in [0.29, 0.717) is 29.7 Å². The molecular weight excluding hydrogens is 384 g/mol. The predicted octanol–water partition coefficient (Wildman–Crippen LogP) is 2.07. The molecule has 4 rings (SSSR count). The van der Waals surface area contributed by atoms with Crippen molar-refractivity contribution in [2.75, 3.05) is 6.54 Å². The minimum Gasteiger partial charge on any atom is -0.349 e. The van der Waals surface area contributed by atoms with Crippen LogP contribution in [0.1, 0.15) is 63.2 Å². The van der Waals surface area contributed by atoms with Crippen LogP contribution in [0.15, 0.2) is 11.0 Å². The fourth-order valence-corrected chi connectivity index (χ4v) is 4.15. The molecule has 2 saturated carbocycles. The van der Waals surface area contributed by atoms with Gasteiger partial charge in [-0.3, -0.25) is 14.4 Å². The van der Waals surface area contributed by atoms with Crippen molar-refractivity contribution in [3.05, 3.63) is 22.4 Å². The van der Waals surface area contributed by atoms with Crippen LogP contribution in [-0.2, 0) is 9.59 Å². The van der Waals surface area contributed by atoms with Crippen LogP contribution >= 0.6 is 0 Å². The molecule has 0 saturated heterocycles. The molecule has 8 nitrogen and oxygen atoms in total. The summed E-state index contributed by atoms with van der Waals surface area (Å²) >= 11 is 0. The third-order valence-corrected chi connectivity index (χ3v) is 5.99. The fraction of sp³-hybridized carbons (Fsp3) is 0.632. The van der Waals surface area contributed by atoms with Gasteiger partial charge in [0.15, 0.2) is 5.65 Å². The number of ketones is 1. The summed E-state index contributed by atoms with van der Waals surface area (Å²) < 4.78 is 28.6. The number of nitrogens with one attached hydrogen (secondary N) is 2. The molecule has 2 aliphatic rings. The molecule has 0 unspecified atom stereocenters. The molecule has 1 amide bonds. The number of amides is 1. The highest BCUT2D eigenvalue weighted by atomic mass is 19.3. The van der Waals surface area contributed by atoms with Crippen LogP contribution < -0.4 is 10.9 Å². The first kappa shape index (κ1) is 19.7. The quantitative estimate of drug-likeness (QED) is 0.789. The van der Waals surface area contributed by atoms with Crippen LogP contribution in [0.3, 0.4) is 0 Å². The first-order valence-electron chi connectivity index (χ1n) is 9.87. The summed E-state index contributed by atoms with van der Waals surface area (Å²) in [6.45, 7) is 1.37. The molecule has 0 radical (unpaired) electrons. The maximum absolute atomic E-state index is 13.5. The predicted molar refractivity (Wildman–Crippen MR) is 99.8 cm³/mol. The number of halogens is 2. The SMILES string of the molecule is CC(=O)CNC(=O)[C@@H]1CC[C@H]1c1nc2c(cnn2C2CCC(F)(F)CC2)c(=O)[nH]1. The van der Waals surface area contributed by atoms with Gasteiger partial charge in [-0.2, -0.15) is 5.10 Å². The van der Waals surface area contributed by atoms with Gasteiger partial charge in [0.2, 0.25) is 11.8 Å². The molecule has 2 heterocycles. The number of carbonyl (C=O) groups excluding carboxylic acids is 2. The standard InChI is InChI=1S/C19H23F2N5O3/c1-10(27)8-22-17(28)13-3-2-12(13)15-24-16-14(18(29)25-15)9-23-26(16)11-4-6-19(20,21)7-5-11/h9,11-13H,2-8H2,1H3,(H,22,28)(H,24,25,29)/t12-,13-/m1/s1. The Morgan fingerprint density at radius 3 is 2.62 bits per heavy atom. The second kappa shape index (κ2) is 7.31. The van der Waals surface area contributed by atoms with Crippen LogP contribution in [0, 0.1) is 5.92 Å². The largest absolute Gasteiger partial charge is 0.349 e. The van der Waals surface area contributed by atoms with E-state index in [9.17, 15) is 23.2 Å². The van der Waals surface area contributed by atoms with E-state index in [0.717, 1.165) is 0 Å². The lowest BCUT2D eigenvalue weighted by Crippen LogP contribution is -2.42. The summed E-state index contributed by atoms with van der Waals surface area (Å²) in [6, 6.07) is -0.231. The van der Waals surface area contributed by atoms with Crippen molar-refractivity contribution in [2.24, 2.45) is 5.92 Å². The molecule has 2 aliphatic carbocycles. The van der Waals surface area contributed by atoms with E-state index >= 15 is 0 Å². The smallest absolute Gasteiger partial charge is 0.262 e. The Balaban J connectivity index is 1.59. The molecule has 2 fully saturated rings. The number of hydrogen-bond donors (Lipinski definition) is 2. The summed E-state index contributed by atoms with van der Waals surface area (Å²) in [5.74, 6) is -3.23. The zero-order valence-electron chi connectivity index (χ0n) is 16.1. The van der Waals surface area contributed by atoms with Crippen molar-refractivity contribution in [1.29, 1.82) is 0 Å². The van der Waals surface area contributed by atoms with Crippen molar-refractivity contribution in [3.8, 4) is 0 Å². The van der Waals surface area contributed by atoms with Gasteiger partial charge in [0.1, 0.15) is 17.0 Å². The van der Waals surface area contributed by atoms with E-state index in [1.165, 1.54) is 13.1 Å². The summed E-state index contributed by atoms with van der Waals surface area (Å²) in [5, 5.41) is 7.16. The van der Waals surface area contributed by atoms with Gasteiger partial charge in [-0.1, -0.05) is 0 Å². The van der Waals surface area contributed by atoms with E-state index in [-0.39, 0.29) is 67.4 Å². The van der Waals surface area contributed by atoms with Crippen molar-refractivity contribution < 1.29 is 18.4 Å². The fourth-order valence-electron chi connectivity index (χ4n) is 4.15. The monoisotopic (exact) mass is 407 g/mol. The van der Waals surface area contributed by atoms with E-state index < -0.39 is 5.92 Å². The number of nitrogens with zero attached hydrogens (tertiary/aromatic N) is 3. The molecule has 2 N–H and O–H groups in total. The first-order chi connectivity index (χ1) is 13.7. The second-order valence-corrected chi connectivity index (χ2v) is 8.07. The van der Waals surface area contributed by atoms with Crippen LogP contribution in [0.5, 0.6) is 0 Å². The zero-order chi connectivity index (χ0) is 20.8. The highest BCUT2D eigenvalue weighted by molar-refractivity contribution is 5.86. The van der Waals surface area contributed by atoms with Gasteiger partial charge in [-0.15, -0.1) is 0 Å². The van der Waals surface area contributed by atoms with E-state index in [1.807, 2.05) is 0 Å². The molecule has 2 atom stereocenters. The number of alkyl halides is 2. The second-order valence-electron chi connectivity index (χ2n) is 8.07. The Morgan fingerprint density at radius 1 is 1.28 bits per heavy atom. The average molecular weight is 407 g/mol. The summed E-state index contributed by atoms with van der Waals surface area (Å²) in [6.07, 6.45) is 2.87. The van der Waals surface area contributed by atoms with Crippen LogP contribution in [-0.4, -0.2) is 43.9 Å². The topological polar surface area (TPSA) is 110 Å². The van der Waals surface area contributed by atoms with Gasteiger partial charge in [0, 0.05) is 24.7 Å². The lowest BCUT2D eigenvalue weighted by Gasteiger charge is -2.34. The van der Waals surface area contributed by atoms with Gasteiger partial charge < -0.3 is 10.3 Å². The third kappa shape index (κ3) is 3.79. The molecule has 10 heteroatoms. The first-order valence-corrected chi connectivity index (χ1v) is 9.87. The Hall–Kier alpha value is -2.65. The summed E-state index contributed by atoms with van der Waals surface area (Å²) in [7, 11) is 0. The molecular formula is C19H23F2N5O3. The zero-order valence-corrected chi connectivity index (χ0v) is 16.1.